The molecular weight excluding hydrogens is 364 g/mol. The predicted molar refractivity (Wildman–Crippen MR) is 102 cm³/mol. The maximum atomic E-state index is 13.0. The van der Waals surface area contributed by atoms with Crippen molar-refractivity contribution in [3.05, 3.63) is 0 Å². The maximum Gasteiger partial charge on any atom is 0.245 e. The van der Waals surface area contributed by atoms with E-state index in [1.807, 2.05) is 6.92 Å². The van der Waals surface area contributed by atoms with Gasteiger partial charge < -0.3 is 27.0 Å². The highest BCUT2D eigenvalue weighted by Gasteiger charge is 2.39. The molecule has 1 heterocycles. The van der Waals surface area contributed by atoms with Crippen molar-refractivity contribution in [3.8, 4) is 0 Å². The van der Waals surface area contributed by atoms with Crippen LogP contribution in [0.5, 0.6) is 0 Å². The van der Waals surface area contributed by atoms with Gasteiger partial charge in [0.25, 0.3) is 0 Å². The monoisotopic (exact) mass is 394 g/mol. The van der Waals surface area contributed by atoms with Crippen LogP contribution in [0.15, 0.2) is 0 Å². The number of carbonyl (C=O) groups is 4. The van der Waals surface area contributed by atoms with E-state index < -0.39 is 23.9 Å². The van der Waals surface area contributed by atoms with E-state index >= 15 is 0 Å². The smallest absolute Gasteiger partial charge is 0.245 e. The molecule has 2 rings (SSSR count). The number of amides is 3. The maximum absolute atomic E-state index is 13.0. The first kappa shape index (κ1) is 21.6. The minimum atomic E-state index is -0.816. The van der Waals surface area contributed by atoms with Crippen molar-refractivity contribution in [2.75, 3.05) is 13.1 Å². The molecule has 0 spiro atoms. The quantitative estimate of drug-likeness (QED) is 0.197. The molecule has 1 aliphatic heterocycles. The third-order valence-electron chi connectivity index (χ3n) is 5.48. The predicted octanol–water partition coefficient (Wildman–Crippen LogP) is -1.17. The lowest BCUT2D eigenvalue weighted by atomic mass is 9.96. The Hall–Kier alpha value is -2.65. The summed E-state index contributed by atoms with van der Waals surface area (Å²) >= 11 is 0. The molecule has 7 N–H and O–H groups in total. The fourth-order valence-electron chi connectivity index (χ4n) is 3.97. The van der Waals surface area contributed by atoms with E-state index in [1.54, 1.807) is 0 Å². The van der Waals surface area contributed by atoms with Gasteiger partial charge >= 0.3 is 0 Å². The Morgan fingerprint density at radius 1 is 1.29 bits per heavy atom. The molecule has 10 nitrogen and oxygen atoms in total. The van der Waals surface area contributed by atoms with Gasteiger partial charge in [-0.25, -0.2) is 0 Å². The SMILES string of the molecule is C[C@H]1CC(=O)C[C@H]1C(=O)N[C@@H](CCCNC(=N)N)C(=O)N1CCC[C@H]1C(N)=O. The van der Waals surface area contributed by atoms with Gasteiger partial charge in [-0.05, 0) is 31.6 Å². The third-order valence-corrected chi connectivity index (χ3v) is 5.48. The number of nitrogens with two attached hydrogens (primary N) is 2. The second-order valence-corrected chi connectivity index (χ2v) is 7.67. The van der Waals surface area contributed by atoms with Gasteiger partial charge in [-0.2, -0.15) is 0 Å². The molecule has 0 radical (unpaired) electrons. The minimum Gasteiger partial charge on any atom is -0.370 e. The van der Waals surface area contributed by atoms with Gasteiger partial charge in [0.2, 0.25) is 17.7 Å². The van der Waals surface area contributed by atoms with E-state index in [1.165, 1.54) is 4.90 Å². The Balaban J connectivity index is 2.06. The molecule has 4 atom stereocenters. The van der Waals surface area contributed by atoms with Gasteiger partial charge in [0.05, 0.1) is 0 Å². The molecule has 2 fully saturated rings. The zero-order valence-corrected chi connectivity index (χ0v) is 16.2. The lowest BCUT2D eigenvalue weighted by Gasteiger charge is -2.29. The molecule has 0 aromatic rings. The Morgan fingerprint density at radius 2 is 2.00 bits per heavy atom. The van der Waals surface area contributed by atoms with Crippen LogP contribution in [0.4, 0.5) is 0 Å². The molecule has 0 bridgehead atoms. The van der Waals surface area contributed by atoms with Crippen molar-refractivity contribution in [3.63, 3.8) is 0 Å². The van der Waals surface area contributed by atoms with Crippen LogP contribution in [0.25, 0.3) is 0 Å². The summed E-state index contributed by atoms with van der Waals surface area (Å²) in [7, 11) is 0. The Bertz CT molecular complexity index is 652. The number of ketones is 1. The fraction of sp³-hybridized carbons (Fsp3) is 0.722. The van der Waals surface area contributed by atoms with E-state index in [0.717, 1.165) is 0 Å². The Morgan fingerprint density at radius 3 is 2.57 bits per heavy atom. The van der Waals surface area contributed by atoms with Gasteiger partial charge in [-0.3, -0.25) is 24.6 Å². The summed E-state index contributed by atoms with van der Waals surface area (Å²) in [5.74, 6) is -1.82. The third kappa shape index (κ3) is 5.43. The lowest BCUT2D eigenvalue weighted by Crippen LogP contribution is -2.54. The van der Waals surface area contributed by atoms with Crippen LogP contribution < -0.4 is 22.1 Å². The highest BCUT2D eigenvalue weighted by atomic mass is 16.2. The molecule has 1 saturated heterocycles. The summed E-state index contributed by atoms with van der Waals surface area (Å²) in [5.41, 5.74) is 10.7. The van der Waals surface area contributed by atoms with Crippen LogP contribution in [0.2, 0.25) is 0 Å². The lowest BCUT2D eigenvalue weighted by molar-refractivity contribution is -0.141. The second-order valence-electron chi connectivity index (χ2n) is 7.67. The topological polar surface area (TPSA) is 171 Å². The number of carbonyl (C=O) groups excluding carboxylic acids is 4. The van der Waals surface area contributed by atoms with E-state index in [0.29, 0.717) is 45.2 Å². The number of nitrogens with zero attached hydrogens (tertiary/aromatic N) is 1. The van der Waals surface area contributed by atoms with Crippen molar-refractivity contribution in [1.82, 2.24) is 15.5 Å². The van der Waals surface area contributed by atoms with Gasteiger partial charge in [0, 0.05) is 31.8 Å². The summed E-state index contributed by atoms with van der Waals surface area (Å²) in [6, 6.07) is -1.47. The number of rotatable bonds is 8. The number of Topliss-reactive ketones (excluding diaryl/α,β-unsaturated/α-hetero) is 1. The second kappa shape index (κ2) is 9.52. The van der Waals surface area contributed by atoms with Crippen molar-refractivity contribution in [2.24, 2.45) is 23.3 Å². The van der Waals surface area contributed by atoms with E-state index in [-0.39, 0.29) is 35.9 Å². The fourth-order valence-corrected chi connectivity index (χ4v) is 3.97. The molecule has 1 aliphatic carbocycles. The summed E-state index contributed by atoms with van der Waals surface area (Å²) in [4.78, 5) is 50.4. The van der Waals surface area contributed by atoms with Gasteiger partial charge in [-0.1, -0.05) is 6.92 Å². The van der Waals surface area contributed by atoms with Crippen LogP contribution in [0.3, 0.4) is 0 Å². The molecule has 3 amide bonds. The highest BCUT2D eigenvalue weighted by Crippen LogP contribution is 2.29. The largest absolute Gasteiger partial charge is 0.370 e. The standard InChI is InChI=1S/C18H30N6O4/c1-10-8-11(25)9-12(10)16(27)23-13(4-2-6-22-18(20)21)17(28)24-7-3-5-14(24)15(19)26/h10,12-14H,2-9H2,1H3,(H2,19,26)(H,23,27)(H4,20,21,22)/t10-,12+,13-,14-/m0/s1. The number of primary amides is 1. The van der Waals surface area contributed by atoms with Gasteiger partial charge in [0.15, 0.2) is 5.96 Å². The normalized spacial score (nSPS) is 25.4. The first-order chi connectivity index (χ1) is 13.2. The molecule has 0 aromatic heterocycles. The zero-order valence-electron chi connectivity index (χ0n) is 16.2. The molecule has 0 unspecified atom stereocenters. The molecule has 2 aliphatic rings. The molecular formula is C18H30N6O4. The van der Waals surface area contributed by atoms with Crippen LogP contribution in [-0.4, -0.2) is 59.5 Å². The zero-order chi connectivity index (χ0) is 20.8. The van der Waals surface area contributed by atoms with E-state index in [9.17, 15) is 19.2 Å². The van der Waals surface area contributed by atoms with Crippen LogP contribution in [0, 0.1) is 17.2 Å². The van der Waals surface area contributed by atoms with Crippen molar-refractivity contribution in [2.45, 2.75) is 57.5 Å². The van der Waals surface area contributed by atoms with Crippen molar-refractivity contribution in [1.29, 1.82) is 5.41 Å². The van der Waals surface area contributed by atoms with Crippen LogP contribution in [0.1, 0.15) is 45.4 Å². The average Bonchev–Trinajstić information content (AvgIpc) is 3.23. The summed E-state index contributed by atoms with van der Waals surface area (Å²) in [5, 5.41) is 12.6. The molecule has 1 saturated carbocycles. The summed E-state index contributed by atoms with van der Waals surface area (Å²) in [6.07, 6.45) is 2.57. The summed E-state index contributed by atoms with van der Waals surface area (Å²) < 4.78 is 0. The van der Waals surface area contributed by atoms with Gasteiger partial charge in [0.1, 0.15) is 17.9 Å². The first-order valence-electron chi connectivity index (χ1n) is 9.70. The number of hydrogen-bond acceptors (Lipinski definition) is 5. The molecule has 0 aromatic carbocycles. The Labute approximate surface area is 164 Å². The van der Waals surface area contributed by atoms with Gasteiger partial charge in [-0.15, -0.1) is 0 Å². The number of hydrogen-bond donors (Lipinski definition) is 5. The highest BCUT2D eigenvalue weighted by molar-refractivity contribution is 5.95. The number of nitrogens with one attached hydrogen (secondary N) is 3. The minimum absolute atomic E-state index is 0.0505. The van der Waals surface area contributed by atoms with E-state index in [2.05, 4.69) is 10.6 Å². The van der Waals surface area contributed by atoms with Crippen LogP contribution in [-0.2, 0) is 19.2 Å². The van der Waals surface area contributed by atoms with E-state index in [4.69, 9.17) is 16.9 Å². The Kier molecular flexibility index (Phi) is 7.36. The van der Waals surface area contributed by atoms with Crippen molar-refractivity contribution >= 4 is 29.5 Å². The molecule has 156 valence electrons. The first-order valence-corrected chi connectivity index (χ1v) is 9.70. The number of likely N-dealkylation sites (tertiary alicyclic amines) is 1. The van der Waals surface area contributed by atoms with Crippen LogP contribution >= 0.6 is 0 Å². The molecule has 10 heteroatoms. The average molecular weight is 394 g/mol. The molecule has 28 heavy (non-hydrogen) atoms. The summed E-state index contributed by atoms with van der Waals surface area (Å²) in [6.45, 7) is 2.65. The number of guanidine groups is 1. The van der Waals surface area contributed by atoms with Crippen molar-refractivity contribution < 1.29 is 19.2 Å².